The molecule has 1 aliphatic rings. The van der Waals surface area contributed by atoms with E-state index in [-0.39, 0.29) is 5.60 Å². The molecule has 0 amide bonds. The van der Waals surface area contributed by atoms with Gasteiger partial charge < -0.3 is 4.74 Å². The van der Waals surface area contributed by atoms with E-state index in [9.17, 15) is 0 Å². The number of unbranched alkanes of at least 4 members (excludes halogenated alkanes) is 2. The zero-order valence-corrected chi connectivity index (χ0v) is 8.73. The van der Waals surface area contributed by atoms with Gasteiger partial charge in [0.05, 0.1) is 11.7 Å². The van der Waals surface area contributed by atoms with Gasteiger partial charge in [0.25, 0.3) is 0 Å². The molecule has 0 aliphatic carbocycles. The molecule has 1 saturated heterocycles. The molecule has 0 aromatic carbocycles. The van der Waals surface area contributed by atoms with Crippen LogP contribution in [0.4, 0.5) is 0 Å². The number of hydrogen-bond acceptors (Lipinski definition) is 1. The van der Waals surface area contributed by atoms with Gasteiger partial charge in [0.1, 0.15) is 0 Å². The summed E-state index contributed by atoms with van der Waals surface area (Å²) in [6, 6.07) is 0. The highest BCUT2D eigenvalue weighted by molar-refractivity contribution is 4.98. The summed E-state index contributed by atoms with van der Waals surface area (Å²) in [4.78, 5) is 0. The molecule has 1 heterocycles. The topological polar surface area (TPSA) is 12.5 Å². The van der Waals surface area contributed by atoms with Gasteiger partial charge in [-0.3, -0.25) is 0 Å². The largest absolute Gasteiger partial charge is 0.366 e. The van der Waals surface area contributed by atoms with Crippen molar-refractivity contribution in [3.05, 3.63) is 0 Å². The van der Waals surface area contributed by atoms with E-state index in [2.05, 4.69) is 20.8 Å². The molecule has 0 N–H and O–H groups in total. The van der Waals surface area contributed by atoms with Crippen molar-refractivity contribution in [1.82, 2.24) is 0 Å². The third-order valence-electron chi connectivity index (χ3n) is 2.86. The van der Waals surface area contributed by atoms with E-state index in [1.807, 2.05) is 0 Å². The van der Waals surface area contributed by atoms with Crippen molar-refractivity contribution in [3.63, 3.8) is 0 Å². The first-order valence-electron chi connectivity index (χ1n) is 5.40. The van der Waals surface area contributed by atoms with Crippen molar-refractivity contribution in [1.29, 1.82) is 0 Å². The van der Waals surface area contributed by atoms with Crippen molar-refractivity contribution in [2.24, 2.45) is 0 Å². The van der Waals surface area contributed by atoms with Gasteiger partial charge in [0, 0.05) is 0 Å². The van der Waals surface area contributed by atoms with Crippen molar-refractivity contribution < 1.29 is 4.74 Å². The molecule has 0 spiro atoms. The molecular formula is C11H22O. The van der Waals surface area contributed by atoms with E-state index < -0.39 is 0 Å². The third-order valence-corrected chi connectivity index (χ3v) is 2.86. The molecule has 0 radical (unpaired) electrons. The highest BCUT2D eigenvalue weighted by Gasteiger charge is 2.50. The monoisotopic (exact) mass is 170 g/mol. The average Bonchev–Trinajstić information content (AvgIpc) is 2.64. The van der Waals surface area contributed by atoms with Gasteiger partial charge in [-0.05, 0) is 19.8 Å². The van der Waals surface area contributed by atoms with Crippen LogP contribution in [0.25, 0.3) is 0 Å². The van der Waals surface area contributed by atoms with Gasteiger partial charge in [0.2, 0.25) is 0 Å². The molecule has 2 unspecified atom stereocenters. The molecule has 72 valence electrons. The molecule has 1 heteroatoms. The first-order chi connectivity index (χ1) is 5.73. The number of hydrogen-bond donors (Lipinski definition) is 0. The van der Waals surface area contributed by atoms with Crippen LogP contribution in [-0.4, -0.2) is 11.7 Å². The predicted molar refractivity (Wildman–Crippen MR) is 52.3 cm³/mol. The minimum atomic E-state index is 0.269. The van der Waals surface area contributed by atoms with Gasteiger partial charge >= 0.3 is 0 Å². The summed E-state index contributed by atoms with van der Waals surface area (Å²) in [6.07, 6.45) is 8.38. The van der Waals surface area contributed by atoms with Crippen LogP contribution in [0.5, 0.6) is 0 Å². The summed E-state index contributed by atoms with van der Waals surface area (Å²) in [7, 11) is 0. The van der Waals surface area contributed by atoms with E-state index >= 15 is 0 Å². The van der Waals surface area contributed by atoms with E-state index in [1.165, 1.54) is 38.5 Å². The second-order valence-corrected chi connectivity index (χ2v) is 4.16. The lowest BCUT2D eigenvalue weighted by Crippen LogP contribution is -2.09. The first-order valence-corrected chi connectivity index (χ1v) is 5.40. The van der Waals surface area contributed by atoms with Gasteiger partial charge in [-0.2, -0.15) is 0 Å². The lowest BCUT2D eigenvalue weighted by Gasteiger charge is -2.04. The Morgan fingerprint density at radius 3 is 2.50 bits per heavy atom. The first kappa shape index (κ1) is 10.0. The second kappa shape index (κ2) is 4.27. The minimum Gasteiger partial charge on any atom is -0.366 e. The fourth-order valence-electron chi connectivity index (χ4n) is 1.86. The van der Waals surface area contributed by atoms with Crippen molar-refractivity contribution >= 4 is 0 Å². The van der Waals surface area contributed by atoms with Crippen LogP contribution in [0.2, 0.25) is 0 Å². The van der Waals surface area contributed by atoms with E-state index in [0.29, 0.717) is 6.10 Å². The summed E-state index contributed by atoms with van der Waals surface area (Å²) in [6.45, 7) is 6.75. The lowest BCUT2D eigenvalue weighted by atomic mass is 9.97. The fourth-order valence-corrected chi connectivity index (χ4v) is 1.86. The lowest BCUT2D eigenvalue weighted by molar-refractivity contribution is 0.288. The van der Waals surface area contributed by atoms with Crippen molar-refractivity contribution in [3.8, 4) is 0 Å². The highest BCUT2D eigenvalue weighted by atomic mass is 16.6. The van der Waals surface area contributed by atoms with E-state index in [1.54, 1.807) is 0 Å². The molecule has 12 heavy (non-hydrogen) atoms. The van der Waals surface area contributed by atoms with E-state index in [0.717, 1.165) is 0 Å². The minimum absolute atomic E-state index is 0.269. The summed E-state index contributed by atoms with van der Waals surface area (Å²) >= 11 is 0. The van der Waals surface area contributed by atoms with Gasteiger partial charge in [-0.15, -0.1) is 0 Å². The maximum Gasteiger partial charge on any atom is 0.0920 e. The van der Waals surface area contributed by atoms with Gasteiger partial charge in [-0.1, -0.05) is 39.5 Å². The van der Waals surface area contributed by atoms with E-state index in [4.69, 9.17) is 4.74 Å². The normalized spacial score (nSPS) is 33.8. The van der Waals surface area contributed by atoms with Crippen LogP contribution >= 0.6 is 0 Å². The Morgan fingerprint density at radius 1 is 1.17 bits per heavy atom. The zero-order chi connectivity index (χ0) is 9.03. The summed E-state index contributed by atoms with van der Waals surface area (Å²) in [5.41, 5.74) is 0.269. The third kappa shape index (κ3) is 2.48. The Balaban J connectivity index is 2.08. The summed E-state index contributed by atoms with van der Waals surface area (Å²) < 4.78 is 5.69. The SMILES string of the molecule is CCCCCC1(C)OC1CCC. The van der Waals surface area contributed by atoms with Crippen LogP contribution in [0.3, 0.4) is 0 Å². The summed E-state index contributed by atoms with van der Waals surface area (Å²) in [5, 5.41) is 0. The molecular weight excluding hydrogens is 148 g/mol. The van der Waals surface area contributed by atoms with Crippen LogP contribution in [0, 0.1) is 0 Å². The second-order valence-electron chi connectivity index (χ2n) is 4.16. The predicted octanol–water partition coefficient (Wildman–Crippen LogP) is 3.52. The fraction of sp³-hybridized carbons (Fsp3) is 1.00. The van der Waals surface area contributed by atoms with Crippen molar-refractivity contribution in [2.75, 3.05) is 0 Å². The van der Waals surface area contributed by atoms with Crippen LogP contribution in [0.1, 0.15) is 59.3 Å². The maximum atomic E-state index is 5.69. The standard InChI is InChI=1S/C11H22O/c1-4-6-7-9-11(3)10(12-11)8-5-2/h10H,4-9H2,1-3H3. The van der Waals surface area contributed by atoms with Crippen LogP contribution < -0.4 is 0 Å². The molecule has 1 rings (SSSR count). The molecule has 0 aromatic rings. The molecule has 1 aliphatic heterocycles. The summed E-state index contributed by atoms with van der Waals surface area (Å²) in [5.74, 6) is 0. The van der Waals surface area contributed by atoms with Crippen LogP contribution in [-0.2, 0) is 4.74 Å². The molecule has 2 atom stereocenters. The zero-order valence-electron chi connectivity index (χ0n) is 8.73. The molecule has 0 saturated carbocycles. The van der Waals surface area contributed by atoms with Crippen LogP contribution in [0.15, 0.2) is 0 Å². The molecule has 1 nitrogen and oxygen atoms in total. The Labute approximate surface area is 76.5 Å². The molecule has 0 aromatic heterocycles. The number of epoxide rings is 1. The van der Waals surface area contributed by atoms with Gasteiger partial charge in [0.15, 0.2) is 0 Å². The maximum absolute atomic E-state index is 5.69. The Bertz CT molecular complexity index is 133. The molecule has 1 fully saturated rings. The average molecular weight is 170 g/mol. The quantitative estimate of drug-likeness (QED) is 0.439. The molecule has 0 bridgehead atoms. The Morgan fingerprint density at radius 2 is 1.92 bits per heavy atom. The highest BCUT2D eigenvalue weighted by Crippen LogP contribution is 2.43. The Hall–Kier alpha value is -0.0400. The number of rotatable bonds is 6. The van der Waals surface area contributed by atoms with Gasteiger partial charge in [-0.25, -0.2) is 0 Å². The smallest absolute Gasteiger partial charge is 0.0920 e. The van der Waals surface area contributed by atoms with Crippen molar-refractivity contribution in [2.45, 2.75) is 71.0 Å². The Kier molecular flexibility index (Phi) is 3.57. The number of ether oxygens (including phenoxy) is 1.